The fraction of sp³-hybridized carbons (Fsp3) is 0.0476. The molecule has 0 atom stereocenters. The van der Waals surface area contributed by atoms with Gasteiger partial charge in [0.15, 0.2) is 5.09 Å². The van der Waals surface area contributed by atoms with Crippen molar-refractivity contribution in [3.63, 3.8) is 0 Å². The van der Waals surface area contributed by atoms with Crippen LogP contribution in [0.5, 0.6) is 0 Å². The molecule has 0 radical (unpaired) electrons. The first-order valence-electron chi connectivity index (χ1n) is 8.17. The zero-order valence-electron chi connectivity index (χ0n) is 14.7. The van der Waals surface area contributed by atoms with Gasteiger partial charge in [-0.1, -0.05) is 41.1 Å². The average Bonchev–Trinajstić information content (AvgIpc) is 3.02. The summed E-state index contributed by atoms with van der Waals surface area (Å²) in [7, 11) is 0. The van der Waals surface area contributed by atoms with E-state index in [1.807, 2.05) is 37.3 Å². The van der Waals surface area contributed by atoms with Crippen molar-refractivity contribution in [3.05, 3.63) is 81.0 Å². The number of anilines is 1. The van der Waals surface area contributed by atoms with Crippen LogP contribution in [0, 0.1) is 18.3 Å². The van der Waals surface area contributed by atoms with Gasteiger partial charge in [0.05, 0.1) is 4.47 Å². The number of aryl methyl sites for hydroxylation is 1. The largest absolute Gasteiger partial charge is 0.449 e. The van der Waals surface area contributed by atoms with Crippen molar-refractivity contribution in [1.29, 1.82) is 5.26 Å². The third-order valence-electron chi connectivity index (χ3n) is 3.66. The Balaban J connectivity index is 1.77. The molecular formula is C21H14BrClN2O2S. The quantitative estimate of drug-likeness (QED) is 0.331. The van der Waals surface area contributed by atoms with Crippen molar-refractivity contribution in [2.75, 3.05) is 5.32 Å². The van der Waals surface area contributed by atoms with Crippen molar-refractivity contribution in [2.45, 2.75) is 16.9 Å². The topological polar surface area (TPSA) is 66.0 Å². The van der Waals surface area contributed by atoms with Gasteiger partial charge in [0.2, 0.25) is 0 Å². The van der Waals surface area contributed by atoms with Crippen molar-refractivity contribution in [2.24, 2.45) is 0 Å². The summed E-state index contributed by atoms with van der Waals surface area (Å²) in [4.78, 5) is 13.3. The molecule has 7 heteroatoms. The van der Waals surface area contributed by atoms with Crippen LogP contribution >= 0.6 is 39.3 Å². The second-order valence-electron chi connectivity index (χ2n) is 5.83. The molecule has 1 heterocycles. The summed E-state index contributed by atoms with van der Waals surface area (Å²) in [5.41, 5.74) is 1.65. The lowest BCUT2D eigenvalue weighted by molar-refractivity contribution is -0.112. The molecule has 0 saturated carbocycles. The van der Waals surface area contributed by atoms with Crippen LogP contribution in [-0.4, -0.2) is 5.91 Å². The Kier molecular flexibility index (Phi) is 6.63. The summed E-state index contributed by atoms with van der Waals surface area (Å²) in [5, 5.41) is 13.3. The number of carbonyl (C=O) groups is 1. The average molecular weight is 474 g/mol. The van der Waals surface area contributed by atoms with Crippen LogP contribution in [0.1, 0.15) is 11.3 Å². The van der Waals surface area contributed by atoms with Crippen LogP contribution in [0.2, 0.25) is 5.02 Å². The maximum absolute atomic E-state index is 12.4. The van der Waals surface area contributed by atoms with Crippen molar-refractivity contribution in [1.82, 2.24) is 0 Å². The fourth-order valence-corrected chi connectivity index (χ4v) is 3.70. The van der Waals surface area contributed by atoms with Gasteiger partial charge < -0.3 is 9.73 Å². The van der Waals surface area contributed by atoms with Gasteiger partial charge in [0, 0.05) is 21.7 Å². The Bertz CT molecular complexity index is 1070. The lowest BCUT2D eigenvalue weighted by atomic mass is 10.2. The molecule has 0 saturated heterocycles. The van der Waals surface area contributed by atoms with Crippen LogP contribution in [-0.2, 0) is 4.79 Å². The van der Waals surface area contributed by atoms with Crippen molar-refractivity contribution in [3.8, 4) is 6.07 Å². The van der Waals surface area contributed by atoms with E-state index in [1.165, 1.54) is 17.8 Å². The van der Waals surface area contributed by atoms with Gasteiger partial charge >= 0.3 is 0 Å². The SMILES string of the molecule is Cc1ccc(NC(=O)C(C#N)=Cc2cc(Br)c(Sc3ccc(Cl)cc3)o2)cc1. The smallest absolute Gasteiger partial charge is 0.266 e. The Labute approximate surface area is 180 Å². The molecule has 3 rings (SSSR count). The Morgan fingerprint density at radius 2 is 1.89 bits per heavy atom. The molecule has 0 fully saturated rings. The summed E-state index contributed by atoms with van der Waals surface area (Å²) in [6.07, 6.45) is 1.42. The van der Waals surface area contributed by atoms with E-state index < -0.39 is 5.91 Å². The molecule has 0 bridgehead atoms. The van der Waals surface area contributed by atoms with Gasteiger partial charge in [-0.25, -0.2) is 0 Å². The van der Waals surface area contributed by atoms with Crippen molar-refractivity contribution < 1.29 is 9.21 Å². The number of benzene rings is 2. The normalized spacial score (nSPS) is 11.1. The first-order valence-corrected chi connectivity index (χ1v) is 10.2. The third kappa shape index (κ3) is 5.29. The zero-order valence-corrected chi connectivity index (χ0v) is 17.9. The molecule has 0 spiro atoms. The Morgan fingerprint density at radius 3 is 2.54 bits per heavy atom. The number of nitrogens with one attached hydrogen (secondary N) is 1. The molecule has 1 aromatic heterocycles. The highest BCUT2D eigenvalue weighted by Crippen LogP contribution is 2.36. The number of carbonyl (C=O) groups excluding carboxylic acids is 1. The first kappa shape index (κ1) is 20.3. The van der Waals surface area contributed by atoms with Crippen LogP contribution in [0.15, 0.2) is 79.0 Å². The highest BCUT2D eigenvalue weighted by Gasteiger charge is 2.14. The number of hydrogen-bond acceptors (Lipinski definition) is 4. The van der Waals surface area contributed by atoms with Crippen LogP contribution in [0.3, 0.4) is 0 Å². The van der Waals surface area contributed by atoms with E-state index in [4.69, 9.17) is 16.0 Å². The van der Waals surface area contributed by atoms with Gasteiger partial charge in [0.1, 0.15) is 17.4 Å². The summed E-state index contributed by atoms with van der Waals surface area (Å²) in [5.74, 6) is -0.0928. The standard InChI is InChI=1S/C21H14BrClN2O2S/c1-13-2-6-16(7-3-13)25-20(26)14(12-24)10-17-11-19(22)21(27-17)28-18-8-4-15(23)5-9-18/h2-11H,1H3,(H,25,26). The molecule has 3 aromatic rings. The van der Waals surface area contributed by atoms with Gasteiger partial charge in [-0.3, -0.25) is 4.79 Å². The third-order valence-corrected chi connectivity index (χ3v) is 5.76. The number of nitrogens with zero attached hydrogens (tertiary/aromatic N) is 1. The van der Waals surface area contributed by atoms with E-state index in [0.717, 1.165) is 14.9 Å². The van der Waals surface area contributed by atoms with E-state index in [1.54, 1.807) is 30.3 Å². The van der Waals surface area contributed by atoms with Gasteiger partial charge in [-0.15, -0.1) is 0 Å². The molecule has 0 aliphatic carbocycles. The Hall–Kier alpha value is -2.46. The number of hydrogen-bond donors (Lipinski definition) is 1. The predicted molar refractivity (Wildman–Crippen MR) is 115 cm³/mol. The van der Waals surface area contributed by atoms with Gasteiger partial charge in [-0.2, -0.15) is 5.26 Å². The summed E-state index contributed by atoms with van der Waals surface area (Å²) in [6, 6.07) is 18.3. The molecule has 1 N–H and O–H groups in total. The maximum atomic E-state index is 12.4. The van der Waals surface area contributed by atoms with E-state index in [2.05, 4.69) is 21.2 Å². The minimum absolute atomic E-state index is 0.0510. The van der Waals surface area contributed by atoms with Gasteiger partial charge in [0.25, 0.3) is 5.91 Å². The number of rotatable bonds is 5. The van der Waals surface area contributed by atoms with E-state index in [-0.39, 0.29) is 5.57 Å². The second-order valence-corrected chi connectivity index (χ2v) is 8.17. The number of amides is 1. The number of furan rings is 1. The van der Waals surface area contributed by atoms with Crippen LogP contribution in [0.25, 0.3) is 6.08 Å². The number of nitriles is 1. The molecular weight excluding hydrogens is 460 g/mol. The molecule has 140 valence electrons. The fourth-order valence-electron chi connectivity index (χ4n) is 2.25. The zero-order chi connectivity index (χ0) is 20.1. The minimum atomic E-state index is -0.495. The van der Waals surface area contributed by atoms with Gasteiger partial charge in [-0.05, 0) is 65.3 Å². The summed E-state index contributed by atoms with van der Waals surface area (Å²) in [6.45, 7) is 1.96. The molecule has 2 aromatic carbocycles. The molecule has 0 aliphatic heterocycles. The minimum Gasteiger partial charge on any atom is -0.449 e. The summed E-state index contributed by atoms with van der Waals surface area (Å²) < 4.78 is 6.50. The lowest BCUT2D eigenvalue weighted by Gasteiger charge is -2.04. The highest BCUT2D eigenvalue weighted by molar-refractivity contribution is 9.10. The molecule has 0 aliphatic rings. The van der Waals surface area contributed by atoms with Crippen LogP contribution in [0.4, 0.5) is 5.69 Å². The molecule has 0 unspecified atom stereocenters. The Morgan fingerprint density at radius 1 is 1.21 bits per heavy atom. The second kappa shape index (κ2) is 9.16. The lowest BCUT2D eigenvalue weighted by Crippen LogP contribution is -2.13. The van der Waals surface area contributed by atoms with Crippen LogP contribution < -0.4 is 5.32 Å². The molecule has 28 heavy (non-hydrogen) atoms. The summed E-state index contributed by atoms with van der Waals surface area (Å²) >= 11 is 10.8. The highest BCUT2D eigenvalue weighted by atomic mass is 79.9. The maximum Gasteiger partial charge on any atom is 0.266 e. The van der Waals surface area contributed by atoms with E-state index in [9.17, 15) is 10.1 Å². The van der Waals surface area contributed by atoms with Crippen molar-refractivity contribution >= 4 is 57.0 Å². The monoisotopic (exact) mass is 472 g/mol. The van der Waals surface area contributed by atoms with E-state index in [0.29, 0.717) is 21.6 Å². The van der Waals surface area contributed by atoms with E-state index >= 15 is 0 Å². The predicted octanol–water partition coefficient (Wildman–Crippen LogP) is 6.70. The first-order chi connectivity index (χ1) is 13.4. The number of halogens is 2. The molecule has 4 nitrogen and oxygen atoms in total. The molecule has 1 amide bonds.